The number of rotatable bonds is 2. The van der Waals surface area contributed by atoms with Gasteiger partial charge in [-0.3, -0.25) is 4.98 Å². The molecule has 1 aromatic heterocycles. The van der Waals surface area contributed by atoms with Gasteiger partial charge >= 0.3 is 5.97 Å². The lowest BCUT2D eigenvalue weighted by atomic mass is 10.0. The van der Waals surface area contributed by atoms with Gasteiger partial charge in [-0.1, -0.05) is 24.3 Å². The summed E-state index contributed by atoms with van der Waals surface area (Å²) in [4.78, 5) is 15.2. The Morgan fingerprint density at radius 1 is 1.19 bits per heavy atom. The van der Waals surface area contributed by atoms with Crippen LogP contribution in [0.15, 0.2) is 42.6 Å². The van der Waals surface area contributed by atoms with E-state index in [1.54, 1.807) is 18.3 Å². The molecule has 0 amide bonds. The van der Waals surface area contributed by atoms with Gasteiger partial charge in [-0.15, -0.1) is 0 Å². The number of aromatic nitrogens is 1. The van der Waals surface area contributed by atoms with Crippen LogP contribution in [0.3, 0.4) is 0 Å². The molecule has 0 aliphatic heterocycles. The lowest BCUT2D eigenvalue weighted by Crippen LogP contribution is -2.01. The molecule has 3 heteroatoms. The summed E-state index contributed by atoms with van der Waals surface area (Å²) in [7, 11) is 0. The Morgan fingerprint density at radius 3 is 2.62 bits per heavy atom. The van der Waals surface area contributed by atoms with Crippen LogP contribution in [-0.4, -0.2) is 16.1 Å². The SMILES string of the molecule is Cc1ccccc1-c1ncccc1C(=O)O. The Morgan fingerprint density at radius 2 is 1.94 bits per heavy atom. The molecular weight excluding hydrogens is 202 g/mol. The lowest BCUT2D eigenvalue weighted by molar-refractivity contribution is 0.0697. The third-order valence-corrected chi connectivity index (χ3v) is 2.44. The van der Waals surface area contributed by atoms with Gasteiger partial charge in [-0.25, -0.2) is 4.79 Å². The minimum atomic E-state index is -0.952. The van der Waals surface area contributed by atoms with Crippen molar-refractivity contribution in [2.24, 2.45) is 0 Å². The first kappa shape index (κ1) is 10.4. The van der Waals surface area contributed by atoms with Crippen molar-refractivity contribution < 1.29 is 9.90 Å². The van der Waals surface area contributed by atoms with Crippen LogP contribution in [0.2, 0.25) is 0 Å². The number of carboxylic acids is 1. The van der Waals surface area contributed by atoms with Crippen LogP contribution in [0, 0.1) is 6.92 Å². The van der Waals surface area contributed by atoms with Crippen LogP contribution in [0.1, 0.15) is 15.9 Å². The third-order valence-electron chi connectivity index (χ3n) is 2.44. The predicted octanol–water partition coefficient (Wildman–Crippen LogP) is 2.76. The van der Waals surface area contributed by atoms with Crippen molar-refractivity contribution in [3.63, 3.8) is 0 Å². The highest BCUT2D eigenvalue weighted by molar-refractivity contribution is 5.95. The minimum absolute atomic E-state index is 0.233. The van der Waals surface area contributed by atoms with Crippen molar-refractivity contribution in [3.8, 4) is 11.3 Å². The molecule has 0 spiro atoms. The molecule has 3 nitrogen and oxygen atoms in total. The van der Waals surface area contributed by atoms with Crippen molar-refractivity contribution in [2.75, 3.05) is 0 Å². The van der Waals surface area contributed by atoms with E-state index >= 15 is 0 Å². The first-order valence-electron chi connectivity index (χ1n) is 4.94. The average Bonchev–Trinajstić information content (AvgIpc) is 2.29. The van der Waals surface area contributed by atoms with Crippen LogP contribution in [0.25, 0.3) is 11.3 Å². The Labute approximate surface area is 93.4 Å². The van der Waals surface area contributed by atoms with Crippen LogP contribution in [0.5, 0.6) is 0 Å². The van der Waals surface area contributed by atoms with Gasteiger partial charge in [-0.05, 0) is 24.6 Å². The van der Waals surface area contributed by atoms with Crippen molar-refractivity contribution >= 4 is 5.97 Å². The number of hydrogen-bond acceptors (Lipinski definition) is 2. The Kier molecular flexibility index (Phi) is 2.68. The second-order valence-corrected chi connectivity index (χ2v) is 3.52. The minimum Gasteiger partial charge on any atom is -0.478 e. The van der Waals surface area contributed by atoms with Gasteiger partial charge in [0.25, 0.3) is 0 Å². The Hall–Kier alpha value is -2.16. The zero-order valence-electron chi connectivity index (χ0n) is 8.84. The highest BCUT2D eigenvalue weighted by atomic mass is 16.4. The molecule has 1 aromatic carbocycles. The lowest BCUT2D eigenvalue weighted by Gasteiger charge is -2.07. The predicted molar refractivity (Wildman–Crippen MR) is 61.4 cm³/mol. The fourth-order valence-corrected chi connectivity index (χ4v) is 1.63. The fourth-order valence-electron chi connectivity index (χ4n) is 1.63. The van der Waals surface area contributed by atoms with Gasteiger partial charge in [0.1, 0.15) is 0 Å². The van der Waals surface area contributed by atoms with Crippen molar-refractivity contribution in [2.45, 2.75) is 6.92 Å². The summed E-state index contributed by atoms with van der Waals surface area (Å²) in [6.45, 7) is 1.94. The molecule has 0 radical (unpaired) electrons. The van der Waals surface area contributed by atoms with E-state index in [1.807, 2.05) is 31.2 Å². The summed E-state index contributed by atoms with van der Waals surface area (Å²) in [5.74, 6) is -0.952. The Bertz CT molecular complexity index is 535. The van der Waals surface area contributed by atoms with E-state index in [0.29, 0.717) is 5.69 Å². The number of hydrogen-bond donors (Lipinski definition) is 1. The van der Waals surface area contributed by atoms with Gasteiger partial charge in [-0.2, -0.15) is 0 Å². The number of pyridine rings is 1. The fraction of sp³-hybridized carbons (Fsp3) is 0.0769. The van der Waals surface area contributed by atoms with Gasteiger partial charge in [0.05, 0.1) is 11.3 Å². The summed E-state index contributed by atoms with van der Waals surface area (Å²) >= 11 is 0. The van der Waals surface area contributed by atoms with E-state index in [-0.39, 0.29) is 5.56 Å². The van der Waals surface area contributed by atoms with Crippen molar-refractivity contribution in [1.82, 2.24) is 4.98 Å². The largest absolute Gasteiger partial charge is 0.478 e. The maximum Gasteiger partial charge on any atom is 0.337 e. The molecular formula is C13H11NO2. The number of aromatic carboxylic acids is 1. The Balaban J connectivity index is 2.65. The smallest absolute Gasteiger partial charge is 0.337 e. The first-order chi connectivity index (χ1) is 7.70. The zero-order valence-corrected chi connectivity index (χ0v) is 8.84. The summed E-state index contributed by atoms with van der Waals surface area (Å²) in [6, 6.07) is 10.8. The third kappa shape index (κ3) is 1.80. The summed E-state index contributed by atoms with van der Waals surface area (Å²) < 4.78 is 0. The van der Waals surface area contributed by atoms with E-state index < -0.39 is 5.97 Å². The van der Waals surface area contributed by atoms with Crippen LogP contribution < -0.4 is 0 Å². The molecule has 16 heavy (non-hydrogen) atoms. The van der Waals surface area contributed by atoms with Crippen molar-refractivity contribution in [1.29, 1.82) is 0 Å². The van der Waals surface area contributed by atoms with E-state index in [2.05, 4.69) is 4.98 Å². The number of aryl methyl sites for hydroxylation is 1. The summed E-state index contributed by atoms with van der Waals surface area (Å²) in [5, 5.41) is 9.08. The van der Waals surface area contributed by atoms with Gasteiger partial charge in [0.15, 0.2) is 0 Å². The maximum atomic E-state index is 11.1. The molecule has 0 unspecified atom stereocenters. The monoisotopic (exact) mass is 213 g/mol. The standard InChI is InChI=1S/C13H11NO2/c1-9-5-2-3-6-10(9)12-11(13(15)16)7-4-8-14-12/h2-8H,1H3,(H,15,16). The molecule has 0 saturated heterocycles. The van der Waals surface area contributed by atoms with Crippen LogP contribution in [0.4, 0.5) is 0 Å². The van der Waals surface area contributed by atoms with E-state index in [9.17, 15) is 4.79 Å². The second-order valence-electron chi connectivity index (χ2n) is 3.52. The summed E-state index contributed by atoms with van der Waals surface area (Å²) in [5.41, 5.74) is 2.63. The highest BCUT2D eigenvalue weighted by Gasteiger charge is 2.13. The topological polar surface area (TPSA) is 50.2 Å². The molecule has 0 fully saturated rings. The number of carboxylic acid groups (broad SMARTS) is 1. The molecule has 1 heterocycles. The average molecular weight is 213 g/mol. The molecule has 80 valence electrons. The normalized spacial score (nSPS) is 10.1. The highest BCUT2D eigenvalue weighted by Crippen LogP contribution is 2.24. The van der Waals surface area contributed by atoms with Gasteiger partial charge in [0.2, 0.25) is 0 Å². The molecule has 0 saturated carbocycles. The molecule has 0 aliphatic carbocycles. The van der Waals surface area contributed by atoms with Crippen molar-refractivity contribution in [3.05, 3.63) is 53.7 Å². The summed E-state index contributed by atoms with van der Waals surface area (Å²) in [6.07, 6.45) is 1.61. The molecule has 2 aromatic rings. The van der Waals surface area contributed by atoms with Gasteiger partial charge in [0, 0.05) is 11.8 Å². The number of nitrogens with zero attached hydrogens (tertiary/aromatic N) is 1. The molecule has 0 aliphatic rings. The second kappa shape index (κ2) is 4.14. The molecule has 0 atom stereocenters. The first-order valence-corrected chi connectivity index (χ1v) is 4.94. The molecule has 2 rings (SSSR count). The quantitative estimate of drug-likeness (QED) is 0.834. The van der Waals surface area contributed by atoms with E-state index in [0.717, 1.165) is 11.1 Å². The van der Waals surface area contributed by atoms with Crippen LogP contribution in [-0.2, 0) is 0 Å². The van der Waals surface area contributed by atoms with E-state index in [1.165, 1.54) is 0 Å². The van der Waals surface area contributed by atoms with Gasteiger partial charge < -0.3 is 5.11 Å². The zero-order chi connectivity index (χ0) is 11.5. The maximum absolute atomic E-state index is 11.1. The molecule has 1 N–H and O–H groups in total. The van der Waals surface area contributed by atoms with Crippen LogP contribution >= 0.6 is 0 Å². The number of carbonyl (C=O) groups is 1. The molecule has 0 bridgehead atoms. The number of benzene rings is 1. The van der Waals surface area contributed by atoms with E-state index in [4.69, 9.17) is 5.11 Å².